The second-order valence-electron chi connectivity index (χ2n) is 4.35. The number of nitrogens with two attached hydrogens (primary N) is 1. The highest BCUT2D eigenvalue weighted by Gasteiger charge is 2.14. The van der Waals surface area contributed by atoms with Crippen LogP contribution in [0.15, 0.2) is 18.3 Å². The maximum Gasteiger partial charge on any atom is 0.267 e. The van der Waals surface area contributed by atoms with E-state index in [4.69, 9.17) is 5.73 Å². The summed E-state index contributed by atoms with van der Waals surface area (Å²) in [7, 11) is 0. The molecule has 0 aliphatic heterocycles. The Morgan fingerprint density at radius 2 is 2.27 bits per heavy atom. The molecule has 1 amide bonds. The summed E-state index contributed by atoms with van der Waals surface area (Å²) >= 11 is 0. The zero-order chi connectivity index (χ0) is 11.5. The lowest BCUT2D eigenvalue weighted by Crippen LogP contribution is -2.45. The quantitative estimate of drug-likeness (QED) is 0.776. The molecular formula is C11H19N3O. The van der Waals surface area contributed by atoms with Crippen LogP contribution >= 0.6 is 0 Å². The smallest absolute Gasteiger partial charge is 0.267 e. The molecule has 4 heteroatoms. The highest BCUT2D eigenvalue weighted by Crippen LogP contribution is 2.02. The molecule has 15 heavy (non-hydrogen) atoms. The van der Waals surface area contributed by atoms with Gasteiger partial charge in [-0.2, -0.15) is 0 Å². The molecule has 1 rings (SSSR count). The van der Waals surface area contributed by atoms with E-state index in [1.54, 1.807) is 0 Å². The van der Waals surface area contributed by atoms with E-state index in [9.17, 15) is 4.79 Å². The Morgan fingerprint density at radius 1 is 1.60 bits per heavy atom. The first kappa shape index (κ1) is 11.8. The molecule has 0 atom stereocenters. The van der Waals surface area contributed by atoms with Crippen LogP contribution < -0.4 is 11.1 Å². The van der Waals surface area contributed by atoms with Gasteiger partial charge in [0.05, 0.1) is 0 Å². The molecule has 0 aliphatic carbocycles. The molecule has 0 radical (unpaired) electrons. The Kier molecular flexibility index (Phi) is 3.52. The first-order valence-corrected chi connectivity index (χ1v) is 5.16. The van der Waals surface area contributed by atoms with Crippen LogP contribution in [0.4, 0.5) is 0 Å². The largest absolute Gasteiger partial charge is 0.349 e. The molecule has 3 N–H and O–H groups in total. The molecule has 4 nitrogen and oxygen atoms in total. The van der Waals surface area contributed by atoms with Crippen molar-refractivity contribution < 1.29 is 4.79 Å². The lowest BCUT2D eigenvalue weighted by molar-refractivity contribution is 0.0937. The lowest BCUT2D eigenvalue weighted by atomic mass is 10.1. The number of nitrogens with zero attached hydrogens (tertiary/aromatic N) is 1. The summed E-state index contributed by atoms with van der Waals surface area (Å²) in [6.45, 7) is 7.03. The van der Waals surface area contributed by atoms with Crippen molar-refractivity contribution >= 4 is 5.91 Å². The van der Waals surface area contributed by atoms with Crippen LogP contribution in [0.1, 0.15) is 31.3 Å². The van der Waals surface area contributed by atoms with Crippen molar-refractivity contribution in [3.8, 4) is 0 Å². The molecule has 0 spiro atoms. The minimum absolute atomic E-state index is 0.0691. The van der Waals surface area contributed by atoms with Gasteiger partial charge in [-0.25, -0.2) is 0 Å². The second-order valence-corrected chi connectivity index (χ2v) is 4.35. The summed E-state index contributed by atoms with van der Waals surface area (Å²) < 4.78 is 1.90. The number of carbonyl (C=O) groups is 1. The van der Waals surface area contributed by atoms with Crippen LogP contribution in [0.25, 0.3) is 0 Å². The van der Waals surface area contributed by atoms with E-state index in [-0.39, 0.29) is 11.4 Å². The van der Waals surface area contributed by atoms with E-state index in [1.807, 2.05) is 43.7 Å². The third kappa shape index (κ3) is 3.40. The van der Waals surface area contributed by atoms with Gasteiger partial charge in [0.15, 0.2) is 0 Å². The van der Waals surface area contributed by atoms with Crippen LogP contribution in [-0.2, 0) is 6.54 Å². The van der Waals surface area contributed by atoms with Gasteiger partial charge in [-0.05, 0) is 32.9 Å². The number of hydrogen-bond donors (Lipinski definition) is 2. The van der Waals surface area contributed by atoms with Gasteiger partial charge in [0, 0.05) is 24.8 Å². The summed E-state index contributed by atoms with van der Waals surface area (Å²) in [4.78, 5) is 11.7. The molecule has 0 unspecified atom stereocenters. The van der Waals surface area contributed by atoms with Crippen molar-refractivity contribution in [2.45, 2.75) is 32.9 Å². The Hall–Kier alpha value is -1.29. The normalized spacial score (nSPS) is 11.5. The van der Waals surface area contributed by atoms with Crippen molar-refractivity contribution in [1.29, 1.82) is 0 Å². The third-order valence-electron chi connectivity index (χ3n) is 2.11. The van der Waals surface area contributed by atoms with E-state index in [0.717, 1.165) is 6.54 Å². The number of aryl methyl sites for hydroxylation is 1. The van der Waals surface area contributed by atoms with Gasteiger partial charge in [-0.1, -0.05) is 0 Å². The molecule has 0 saturated carbocycles. The van der Waals surface area contributed by atoms with Crippen LogP contribution in [0, 0.1) is 0 Å². The standard InChI is InChI=1S/C11H19N3O/c1-4-14-7-5-6-9(14)10(15)13-8-11(2,3)12/h5-7H,4,8,12H2,1-3H3,(H,13,15). The Balaban J connectivity index is 2.62. The average Bonchev–Trinajstić information content (AvgIpc) is 2.60. The number of carbonyl (C=O) groups excluding carboxylic acids is 1. The van der Waals surface area contributed by atoms with Crippen LogP contribution in [0.3, 0.4) is 0 Å². The Labute approximate surface area is 90.5 Å². The third-order valence-corrected chi connectivity index (χ3v) is 2.11. The maximum atomic E-state index is 11.7. The molecule has 0 fully saturated rings. The summed E-state index contributed by atoms with van der Waals surface area (Å²) in [5.41, 5.74) is 6.09. The van der Waals surface area contributed by atoms with Gasteiger partial charge in [0.2, 0.25) is 0 Å². The minimum Gasteiger partial charge on any atom is -0.349 e. The monoisotopic (exact) mass is 209 g/mol. The van der Waals surface area contributed by atoms with E-state index in [1.165, 1.54) is 0 Å². The topological polar surface area (TPSA) is 60.0 Å². The average molecular weight is 209 g/mol. The van der Waals surface area contributed by atoms with Crippen LogP contribution in [0.5, 0.6) is 0 Å². The number of nitrogens with one attached hydrogen (secondary N) is 1. The minimum atomic E-state index is -0.376. The van der Waals surface area contributed by atoms with E-state index in [0.29, 0.717) is 12.2 Å². The van der Waals surface area contributed by atoms with Gasteiger partial charge in [0.25, 0.3) is 5.91 Å². The zero-order valence-electron chi connectivity index (χ0n) is 9.58. The van der Waals surface area contributed by atoms with Crippen molar-refractivity contribution in [2.75, 3.05) is 6.54 Å². The molecule has 0 bridgehead atoms. The zero-order valence-corrected chi connectivity index (χ0v) is 9.58. The van der Waals surface area contributed by atoms with Crippen molar-refractivity contribution in [2.24, 2.45) is 5.73 Å². The van der Waals surface area contributed by atoms with E-state index < -0.39 is 0 Å². The SMILES string of the molecule is CCn1cccc1C(=O)NCC(C)(C)N. The molecule has 84 valence electrons. The number of aromatic nitrogens is 1. The van der Waals surface area contributed by atoms with Crippen LogP contribution in [-0.4, -0.2) is 22.6 Å². The van der Waals surface area contributed by atoms with Gasteiger partial charge in [0.1, 0.15) is 5.69 Å². The molecule has 0 aromatic carbocycles. The number of rotatable bonds is 4. The van der Waals surface area contributed by atoms with Gasteiger partial charge < -0.3 is 15.6 Å². The molecular weight excluding hydrogens is 190 g/mol. The van der Waals surface area contributed by atoms with Crippen molar-refractivity contribution in [3.63, 3.8) is 0 Å². The van der Waals surface area contributed by atoms with E-state index in [2.05, 4.69) is 5.32 Å². The van der Waals surface area contributed by atoms with Crippen molar-refractivity contribution in [3.05, 3.63) is 24.0 Å². The highest BCUT2D eigenvalue weighted by molar-refractivity contribution is 5.92. The predicted octanol–water partition coefficient (Wildman–Crippen LogP) is 0.975. The maximum absolute atomic E-state index is 11.7. The molecule has 1 aromatic heterocycles. The van der Waals surface area contributed by atoms with E-state index >= 15 is 0 Å². The summed E-state index contributed by atoms with van der Waals surface area (Å²) in [5, 5.41) is 2.81. The molecule has 1 aromatic rings. The van der Waals surface area contributed by atoms with Gasteiger partial charge in [-0.15, -0.1) is 0 Å². The number of amides is 1. The fourth-order valence-corrected chi connectivity index (χ4v) is 1.29. The first-order chi connectivity index (χ1) is 6.94. The van der Waals surface area contributed by atoms with Gasteiger partial charge in [-0.3, -0.25) is 4.79 Å². The fourth-order valence-electron chi connectivity index (χ4n) is 1.29. The summed E-state index contributed by atoms with van der Waals surface area (Å²) in [5.74, 6) is -0.0691. The Morgan fingerprint density at radius 3 is 2.80 bits per heavy atom. The first-order valence-electron chi connectivity index (χ1n) is 5.16. The molecule has 1 heterocycles. The predicted molar refractivity (Wildman–Crippen MR) is 60.7 cm³/mol. The number of hydrogen-bond acceptors (Lipinski definition) is 2. The molecule has 0 aliphatic rings. The second kappa shape index (κ2) is 4.49. The molecule has 0 saturated heterocycles. The summed E-state index contributed by atoms with van der Waals surface area (Å²) in [6.07, 6.45) is 1.89. The van der Waals surface area contributed by atoms with Crippen molar-refractivity contribution in [1.82, 2.24) is 9.88 Å². The lowest BCUT2D eigenvalue weighted by Gasteiger charge is -2.19. The van der Waals surface area contributed by atoms with Crippen LogP contribution in [0.2, 0.25) is 0 Å². The highest BCUT2D eigenvalue weighted by atomic mass is 16.1. The van der Waals surface area contributed by atoms with Gasteiger partial charge >= 0.3 is 0 Å². The fraction of sp³-hybridized carbons (Fsp3) is 0.545. The Bertz CT molecular complexity index is 336. The summed E-state index contributed by atoms with van der Waals surface area (Å²) in [6, 6.07) is 3.67.